The van der Waals surface area contributed by atoms with Crippen LogP contribution in [0.25, 0.3) is 0 Å². The third kappa shape index (κ3) is 7.43. The van der Waals surface area contributed by atoms with Crippen LogP contribution in [0.1, 0.15) is 83.5 Å². The van der Waals surface area contributed by atoms with Gasteiger partial charge in [-0.1, -0.05) is 36.7 Å². The van der Waals surface area contributed by atoms with Crippen LogP contribution in [0.2, 0.25) is 5.02 Å². The monoisotopic (exact) mass is 790 g/mol. The van der Waals surface area contributed by atoms with Crippen molar-refractivity contribution in [3.05, 3.63) is 87.7 Å². The van der Waals surface area contributed by atoms with E-state index in [0.29, 0.717) is 49.5 Å². The van der Waals surface area contributed by atoms with Gasteiger partial charge in [-0.2, -0.15) is 0 Å². The van der Waals surface area contributed by atoms with Crippen LogP contribution >= 0.6 is 11.6 Å². The Hall–Kier alpha value is -3.84. The van der Waals surface area contributed by atoms with E-state index >= 15 is 0 Å². The fourth-order valence-electron chi connectivity index (χ4n) is 9.40. The number of aromatic nitrogens is 1. The minimum absolute atomic E-state index is 0.0271. The Bertz CT molecular complexity index is 2140. The highest BCUT2D eigenvalue weighted by molar-refractivity contribution is 7.92. The van der Waals surface area contributed by atoms with E-state index < -0.39 is 21.7 Å². The molecule has 1 fully saturated rings. The molecule has 55 heavy (non-hydrogen) atoms. The van der Waals surface area contributed by atoms with Crippen molar-refractivity contribution in [1.29, 1.82) is 0 Å². The molecule has 2 amide bonds. The topological polar surface area (TPSA) is 121 Å². The summed E-state index contributed by atoms with van der Waals surface area (Å²) in [4.78, 5) is 30.6. The number of nitrogens with zero attached hydrogens (tertiary/aromatic N) is 3. The zero-order valence-corrected chi connectivity index (χ0v) is 33.6. The van der Waals surface area contributed by atoms with Crippen LogP contribution in [-0.2, 0) is 44.4 Å². The molecule has 11 nitrogen and oxygen atoms in total. The van der Waals surface area contributed by atoms with Crippen LogP contribution in [0.15, 0.2) is 59.1 Å². The van der Waals surface area contributed by atoms with Crippen LogP contribution in [0.5, 0.6) is 11.5 Å². The maximum atomic E-state index is 14.8. The summed E-state index contributed by atoms with van der Waals surface area (Å²) in [5, 5.41) is 0.736. The van der Waals surface area contributed by atoms with E-state index in [1.54, 1.807) is 19.4 Å². The summed E-state index contributed by atoms with van der Waals surface area (Å²) in [5.74, 6) is 0.261. The lowest BCUT2D eigenvalue weighted by Crippen LogP contribution is -2.49. The molecule has 0 radical (unpaired) electrons. The third-order valence-electron chi connectivity index (χ3n) is 12.3. The first kappa shape index (κ1) is 38.1. The Kier molecular flexibility index (Phi) is 10.6. The molecule has 1 N–H and O–H groups in total. The second kappa shape index (κ2) is 15.2. The fraction of sp³-hybridized carbons (Fsp3) is 0.524. The molecule has 2 aromatic carbocycles. The number of rotatable bonds is 4. The second-order valence-electron chi connectivity index (χ2n) is 16.2. The Balaban J connectivity index is 1.19. The summed E-state index contributed by atoms with van der Waals surface area (Å²) < 4.78 is 48.1. The number of benzene rings is 2. The number of carbonyl (C=O) groups is 2. The molecule has 3 aromatic rings. The summed E-state index contributed by atoms with van der Waals surface area (Å²) in [6, 6.07) is 11.6. The summed E-state index contributed by atoms with van der Waals surface area (Å²) in [7, 11) is -0.360. The predicted octanol–water partition coefficient (Wildman–Crippen LogP) is 7.13. The van der Waals surface area contributed by atoms with Gasteiger partial charge in [-0.05, 0) is 105 Å². The molecule has 1 aromatic heterocycles. The Morgan fingerprint density at radius 3 is 2.76 bits per heavy atom. The minimum Gasteiger partial charge on any atom is -0.494 e. The van der Waals surface area contributed by atoms with Gasteiger partial charge in [0.05, 0.1) is 49.7 Å². The van der Waals surface area contributed by atoms with Crippen molar-refractivity contribution >= 4 is 39.0 Å². The number of nitrogens with one attached hydrogen (secondary N) is 1. The number of allylic oxidation sites excluding steroid dienone is 1. The van der Waals surface area contributed by atoms with Gasteiger partial charge in [0.25, 0.3) is 11.8 Å². The molecule has 5 aliphatic rings. The second-order valence-corrected chi connectivity index (χ2v) is 18.6. The van der Waals surface area contributed by atoms with E-state index in [2.05, 4.69) is 38.3 Å². The van der Waals surface area contributed by atoms with Crippen molar-refractivity contribution in [2.24, 2.45) is 22.1 Å². The highest BCUT2D eigenvalue weighted by Gasteiger charge is 2.44. The van der Waals surface area contributed by atoms with Gasteiger partial charge in [-0.3, -0.25) is 14.3 Å². The molecule has 2 aliphatic carbocycles. The first-order chi connectivity index (χ1) is 26.5. The average Bonchev–Trinajstić information content (AvgIpc) is 3.44. The standard InChI is InChI=1S/C42H51ClN4O7S/c1-26-7-5-9-37(51-3)32-13-10-30(32)20-47-24-42(16-6-8-28-17-31(43)12-14-34(28)42)25-54-38-15-11-29(18-35(38)47)40(48)44-55(50,23-26)45-41(49)33-21-46-19-27(2)53-22-36(46)39(33)52-4/h5,9,11-12,14-15,17-18,21,26-27,30,32,37H,6-8,10,13,16,19-20,22-25H2,1-4H3,(H,44,45,48,49,50)/b9-5+/t26-,27-,30-,32+,37-,42-,55?/m0/s1. The average molecular weight is 791 g/mol. The van der Waals surface area contributed by atoms with Gasteiger partial charge >= 0.3 is 0 Å². The van der Waals surface area contributed by atoms with E-state index in [-0.39, 0.29) is 47.0 Å². The van der Waals surface area contributed by atoms with Crippen molar-refractivity contribution in [1.82, 2.24) is 9.29 Å². The van der Waals surface area contributed by atoms with E-state index in [1.165, 1.54) is 18.2 Å². The zero-order chi connectivity index (χ0) is 38.5. The summed E-state index contributed by atoms with van der Waals surface area (Å²) in [6.07, 6.45) is 11.5. The molecule has 8 rings (SSSR count). The zero-order valence-electron chi connectivity index (χ0n) is 32.1. The Morgan fingerprint density at radius 2 is 1.98 bits per heavy atom. The lowest BCUT2D eigenvalue weighted by molar-refractivity contribution is 0.0131. The smallest absolute Gasteiger partial charge is 0.286 e. The summed E-state index contributed by atoms with van der Waals surface area (Å²) in [5.41, 5.74) is 4.29. The van der Waals surface area contributed by atoms with Crippen molar-refractivity contribution in [2.75, 3.05) is 44.6 Å². The largest absolute Gasteiger partial charge is 0.494 e. The maximum absolute atomic E-state index is 14.8. The molecule has 1 saturated carbocycles. The number of aryl methyl sites for hydroxylation is 1. The molecular formula is C42H51ClN4O7S. The molecule has 294 valence electrons. The SMILES string of the molecule is COc1c(C(=O)NS2(=O)=NC(=O)c3ccc4c(c3)N(C[C@@H]3CC[C@H]3[C@@H](OC)/C=C/C[C@H](C)C2)C[C@@]2(CCCc3cc(Cl)ccc32)CO4)cn2c1CO[C@@H](C)C2. The number of ether oxygens (including phenoxy) is 4. The van der Waals surface area contributed by atoms with Crippen molar-refractivity contribution < 1.29 is 32.7 Å². The van der Waals surface area contributed by atoms with Crippen LogP contribution in [0, 0.1) is 17.8 Å². The van der Waals surface area contributed by atoms with Gasteiger partial charge in [0.1, 0.15) is 21.2 Å². The minimum atomic E-state index is -3.62. The number of hydrogen-bond acceptors (Lipinski definition) is 8. The number of amides is 2. The van der Waals surface area contributed by atoms with E-state index in [9.17, 15) is 13.8 Å². The normalized spacial score (nSPS) is 31.0. The molecule has 7 atom stereocenters. The quantitative estimate of drug-likeness (QED) is 0.277. The van der Waals surface area contributed by atoms with Gasteiger partial charge in [-0.15, -0.1) is 4.36 Å². The van der Waals surface area contributed by atoms with Crippen molar-refractivity contribution in [3.8, 4) is 11.5 Å². The first-order valence-electron chi connectivity index (χ1n) is 19.5. The summed E-state index contributed by atoms with van der Waals surface area (Å²) >= 11 is 6.48. The molecule has 1 spiro atoms. The molecule has 13 heteroatoms. The van der Waals surface area contributed by atoms with Crippen LogP contribution in [-0.4, -0.2) is 72.5 Å². The first-order valence-corrected chi connectivity index (χ1v) is 21.5. The Labute approximate surface area is 329 Å². The molecule has 2 bridgehead atoms. The van der Waals surface area contributed by atoms with E-state index in [0.717, 1.165) is 55.1 Å². The number of carbonyl (C=O) groups excluding carboxylic acids is 2. The predicted molar refractivity (Wildman–Crippen MR) is 213 cm³/mol. The fourth-order valence-corrected chi connectivity index (χ4v) is 11.5. The number of methoxy groups -OCH3 is 2. The maximum Gasteiger partial charge on any atom is 0.286 e. The van der Waals surface area contributed by atoms with Crippen LogP contribution < -0.4 is 19.1 Å². The molecule has 0 saturated heterocycles. The van der Waals surface area contributed by atoms with Gasteiger partial charge in [0.2, 0.25) is 0 Å². The molecule has 3 aliphatic heterocycles. The number of hydrogen-bond donors (Lipinski definition) is 1. The number of fused-ring (bicyclic) bond motifs is 5. The van der Waals surface area contributed by atoms with Gasteiger partial charge in [-0.25, -0.2) is 4.21 Å². The van der Waals surface area contributed by atoms with Crippen LogP contribution in [0.4, 0.5) is 5.69 Å². The highest BCUT2D eigenvalue weighted by Crippen LogP contribution is 2.47. The Morgan fingerprint density at radius 1 is 1.13 bits per heavy atom. The van der Waals surface area contributed by atoms with E-state index in [4.69, 9.17) is 30.5 Å². The lowest BCUT2D eigenvalue weighted by Gasteiger charge is -2.46. The number of anilines is 1. The van der Waals surface area contributed by atoms with E-state index in [1.807, 2.05) is 36.6 Å². The number of halogens is 1. The molecule has 4 heterocycles. The van der Waals surface area contributed by atoms with Crippen molar-refractivity contribution in [3.63, 3.8) is 0 Å². The van der Waals surface area contributed by atoms with Gasteiger partial charge in [0.15, 0.2) is 5.75 Å². The lowest BCUT2D eigenvalue weighted by atomic mass is 9.68. The summed E-state index contributed by atoms with van der Waals surface area (Å²) in [6.45, 7) is 6.71. The van der Waals surface area contributed by atoms with Gasteiger partial charge in [0, 0.05) is 48.9 Å². The van der Waals surface area contributed by atoms with Crippen molar-refractivity contribution in [2.45, 2.75) is 83.1 Å². The highest BCUT2D eigenvalue weighted by atomic mass is 35.5. The van der Waals surface area contributed by atoms with Crippen LogP contribution in [0.3, 0.4) is 0 Å². The van der Waals surface area contributed by atoms with Gasteiger partial charge < -0.3 is 28.4 Å². The molecule has 1 unspecified atom stereocenters. The molecular weight excluding hydrogens is 740 g/mol. The third-order valence-corrected chi connectivity index (χ3v) is 14.5.